The summed E-state index contributed by atoms with van der Waals surface area (Å²) in [4.78, 5) is 14.3. The molecule has 2 atom stereocenters. The first kappa shape index (κ1) is 24.5. The van der Waals surface area contributed by atoms with Gasteiger partial charge in [0, 0.05) is 6.54 Å². The Kier molecular flexibility index (Phi) is 8.14. The lowest BCUT2D eigenvalue weighted by molar-refractivity contribution is 0.0818. The van der Waals surface area contributed by atoms with Crippen molar-refractivity contribution in [1.82, 2.24) is 4.90 Å². The number of aliphatic hydroxyl groups is 1. The van der Waals surface area contributed by atoms with E-state index in [0.29, 0.717) is 19.6 Å². The molecule has 1 aliphatic rings. The van der Waals surface area contributed by atoms with Gasteiger partial charge >= 0.3 is 6.09 Å². The molecule has 6 heteroatoms. The van der Waals surface area contributed by atoms with E-state index in [1.807, 2.05) is 12.1 Å². The minimum absolute atomic E-state index is 0.0938. The van der Waals surface area contributed by atoms with E-state index in [0.717, 1.165) is 12.8 Å². The molecule has 5 nitrogen and oxygen atoms in total. The van der Waals surface area contributed by atoms with E-state index in [9.17, 15) is 9.90 Å². The second-order valence-electron chi connectivity index (χ2n) is 9.60. The number of rotatable bonds is 8. The van der Waals surface area contributed by atoms with Crippen molar-refractivity contribution in [2.75, 3.05) is 19.8 Å². The second kappa shape index (κ2) is 10.6. The van der Waals surface area contributed by atoms with Crippen LogP contribution in [-0.4, -0.2) is 56.3 Å². The molecule has 1 saturated heterocycles. The summed E-state index contributed by atoms with van der Waals surface area (Å²) in [7, 11) is -2.71. The smallest absolute Gasteiger partial charge is 0.410 e. The van der Waals surface area contributed by atoms with Gasteiger partial charge in [-0.1, -0.05) is 94.8 Å². The summed E-state index contributed by atoms with van der Waals surface area (Å²) in [6, 6.07) is 20.7. The second-order valence-corrected chi connectivity index (χ2v) is 13.8. The highest BCUT2D eigenvalue weighted by molar-refractivity contribution is 6.99. The molecule has 2 aromatic carbocycles. The Labute approximate surface area is 193 Å². The molecule has 3 rings (SSSR count). The van der Waals surface area contributed by atoms with E-state index >= 15 is 0 Å². The summed E-state index contributed by atoms with van der Waals surface area (Å²) in [6.07, 6.45) is 1.88. The molecular formula is C26H37NO4Si. The molecule has 0 spiro atoms. The third-order valence-electron chi connectivity index (χ3n) is 6.31. The molecule has 32 heavy (non-hydrogen) atoms. The molecule has 1 aliphatic heterocycles. The predicted octanol–water partition coefficient (Wildman–Crippen LogP) is 3.93. The SMILES string of the molecule is CCCCOC(=O)N1C[C@@H](O[Si](c2ccccc2)(c2ccccc2)C(C)(C)C)C[C@@H]1CO. The van der Waals surface area contributed by atoms with Crippen molar-refractivity contribution in [1.29, 1.82) is 0 Å². The maximum absolute atomic E-state index is 12.7. The van der Waals surface area contributed by atoms with Gasteiger partial charge in [0.1, 0.15) is 0 Å². The van der Waals surface area contributed by atoms with Gasteiger partial charge in [-0.25, -0.2) is 4.79 Å². The Bertz CT molecular complexity index is 814. The number of nitrogens with zero attached hydrogens (tertiary/aromatic N) is 1. The summed E-state index contributed by atoms with van der Waals surface area (Å²) in [5.74, 6) is 0. The van der Waals surface area contributed by atoms with Crippen molar-refractivity contribution in [2.24, 2.45) is 0 Å². The van der Waals surface area contributed by atoms with Crippen LogP contribution in [0.25, 0.3) is 0 Å². The molecule has 1 N–H and O–H groups in total. The van der Waals surface area contributed by atoms with Crippen LogP contribution in [0.15, 0.2) is 60.7 Å². The Morgan fingerprint density at radius 2 is 1.62 bits per heavy atom. The van der Waals surface area contributed by atoms with Gasteiger partial charge in [-0.3, -0.25) is 0 Å². The van der Waals surface area contributed by atoms with E-state index in [4.69, 9.17) is 9.16 Å². The molecule has 0 unspecified atom stereocenters. The number of aliphatic hydroxyl groups excluding tert-OH is 1. The van der Waals surface area contributed by atoms with E-state index in [2.05, 4.69) is 76.2 Å². The average molecular weight is 456 g/mol. The van der Waals surface area contributed by atoms with Crippen LogP contribution in [0.1, 0.15) is 47.0 Å². The highest BCUT2D eigenvalue weighted by Gasteiger charge is 2.53. The Balaban J connectivity index is 1.95. The fourth-order valence-electron chi connectivity index (χ4n) is 4.68. The van der Waals surface area contributed by atoms with E-state index in [-0.39, 0.29) is 29.9 Å². The maximum atomic E-state index is 12.7. The minimum atomic E-state index is -2.71. The van der Waals surface area contributed by atoms with Crippen molar-refractivity contribution in [3.63, 3.8) is 0 Å². The fraction of sp³-hybridized carbons (Fsp3) is 0.500. The van der Waals surface area contributed by atoms with E-state index < -0.39 is 8.32 Å². The van der Waals surface area contributed by atoms with E-state index in [1.165, 1.54) is 10.4 Å². The third-order valence-corrected chi connectivity index (χ3v) is 11.4. The summed E-state index contributed by atoms with van der Waals surface area (Å²) in [5.41, 5.74) is 0. The Morgan fingerprint density at radius 3 is 2.09 bits per heavy atom. The molecule has 0 radical (unpaired) electrons. The monoisotopic (exact) mass is 455 g/mol. The van der Waals surface area contributed by atoms with Gasteiger partial charge in [0.05, 0.1) is 25.4 Å². The van der Waals surface area contributed by atoms with Crippen molar-refractivity contribution in [3.8, 4) is 0 Å². The summed E-state index contributed by atoms with van der Waals surface area (Å²) >= 11 is 0. The molecule has 1 heterocycles. The highest BCUT2D eigenvalue weighted by atomic mass is 28.4. The molecule has 2 aromatic rings. The first-order valence-electron chi connectivity index (χ1n) is 11.7. The van der Waals surface area contributed by atoms with Gasteiger partial charge in [0.2, 0.25) is 0 Å². The van der Waals surface area contributed by atoms with E-state index in [1.54, 1.807) is 4.90 Å². The number of likely N-dealkylation sites (tertiary alicyclic amines) is 1. The molecule has 0 bridgehead atoms. The predicted molar refractivity (Wildman–Crippen MR) is 131 cm³/mol. The summed E-state index contributed by atoms with van der Waals surface area (Å²) < 4.78 is 12.6. The number of ether oxygens (including phenoxy) is 1. The highest BCUT2D eigenvalue weighted by Crippen LogP contribution is 2.39. The third kappa shape index (κ3) is 5.08. The van der Waals surface area contributed by atoms with Crippen LogP contribution in [0.4, 0.5) is 4.79 Å². The summed E-state index contributed by atoms with van der Waals surface area (Å²) in [5, 5.41) is 12.3. The lowest BCUT2D eigenvalue weighted by Gasteiger charge is -2.44. The number of unbranched alkanes of at least 4 members (excludes halogenated alkanes) is 1. The van der Waals surface area contributed by atoms with Gasteiger partial charge in [0.25, 0.3) is 8.32 Å². The van der Waals surface area contributed by atoms with Crippen LogP contribution < -0.4 is 10.4 Å². The zero-order valence-electron chi connectivity index (χ0n) is 19.8. The summed E-state index contributed by atoms with van der Waals surface area (Å²) in [6.45, 7) is 9.54. The zero-order chi connectivity index (χ0) is 23.2. The Hall–Kier alpha value is -2.15. The van der Waals surface area contributed by atoms with Gasteiger partial charge in [-0.15, -0.1) is 0 Å². The number of hydrogen-bond acceptors (Lipinski definition) is 4. The van der Waals surface area contributed by atoms with Crippen LogP contribution in [-0.2, 0) is 9.16 Å². The maximum Gasteiger partial charge on any atom is 0.410 e. The standard InChI is InChI=1S/C26H37NO4Si/c1-5-6-17-30-25(29)27-19-22(18-21(27)20-28)31-32(26(2,3)4,23-13-9-7-10-14-23)24-15-11-8-12-16-24/h7-16,21-22,28H,5-6,17-20H2,1-4H3/t21-,22+/m1/s1. The van der Waals surface area contributed by atoms with Crippen LogP contribution in [0.3, 0.4) is 0 Å². The minimum Gasteiger partial charge on any atom is -0.449 e. The molecular weight excluding hydrogens is 418 g/mol. The lowest BCUT2D eigenvalue weighted by atomic mass is 10.2. The first-order valence-corrected chi connectivity index (χ1v) is 13.6. The van der Waals surface area contributed by atoms with Crippen LogP contribution in [0.5, 0.6) is 0 Å². The van der Waals surface area contributed by atoms with Crippen LogP contribution >= 0.6 is 0 Å². The molecule has 1 fully saturated rings. The number of hydrogen-bond donors (Lipinski definition) is 1. The van der Waals surface area contributed by atoms with Gasteiger partial charge < -0.3 is 19.2 Å². The quantitative estimate of drug-likeness (QED) is 0.484. The topological polar surface area (TPSA) is 59.0 Å². The van der Waals surface area contributed by atoms with Gasteiger partial charge in [-0.05, 0) is 28.3 Å². The zero-order valence-corrected chi connectivity index (χ0v) is 20.8. The van der Waals surface area contributed by atoms with Crippen molar-refractivity contribution >= 4 is 24.8 Å². The first-order chi connectivity index (χ1) is 15.3. The normalized spacial score (nSPS) is 19.2. The van der Waals surface area contributed by atoms with Crippen molar-refractivity contribution < 1.29 is 19.1 Å². The fourth-order valence-corrected chi connectivity index (χ4v) is 9.37. The molecule has 1 amide bonds. The number of carbonyl (C=O) groups is 1. The number of carbonyl (C=O) groups excluding carboxylic acids is 1. The molecule has 174 valence electrons. The average Bonchev–Trinajstić information content (AvgIpc) is 3.21. The van der Waals surface area contributed by atoms with Gasteiger partial charge in [-0.2, -0.15) is 0 Å². The molecule has 0 aliphatic carbocycles. The molecule has 0 saturated carbocycles. The lowest BCUT2D eigenvalue weighted by Crippen LogP contribution is -2.67. The van der Waals surface area contributed by atoms with Gasteiger partial charge in [0.15, 0.2) is 0 Å². The number of amides is 1. The van der Waals surface area contributed by atoms with Crippen molar-refractivity contribution in [2.45, 2.75) is 64.1 Å². The van der Waals surface area contributed by atoms with Crippen LogP contribution in [0.2, 0.25) is 5.04 Å². The Morgan fingerprint density at radius 1 is 1.06 bits per heavy atom. The van der Waals surface area contributed by atoms with Crippen LogP contribution in [0, 0.1) is 0 Å². The molecule has 0 aromatic heterocycles. The number of benzene rings is 2. The van der Waals surface area contributed by atoms with Crippen molar-refractivity contribution in [3.05, 3.63) is 60.7 Å². The largest absolute Gasteiger partial charge is 0.449 e.